The average molecular weight is 604 g/mol. The highest BCUT2D eigenvalue weighted by Crippen LogP contribution is 2.40. The Labute approximate surface area is 248 Å². The molecule has 0 amide bonds. The zero-order valence-electron chi connectivity index (χ0n) is 23.7. The van der Waals surface area contributed by atoms with Crippen LogP contribution >= 0.6 is 11.6 Å². The maximum atomic E-state index is 13.2. The lowest BCUT2D eigenvalue weighted by atomic mass is 10.1. The van der Waals surface area contributed by atoms with Crippen LogP contribution in [-0.4, -0.2) is 33.0 Å². The lowest BCUT2D eigenvalue weighted by Crippen LogP contribution is -2.19. The van der Waals surface area contributed by atoms with Crippen molar-refractivity contribution in [3.05, 3.63) is 83.0 Å². The molecule has 2 N–H and O–H groups in total. The Bertz CT molecular complexity index is 1420. The van der Waals surface area contributed by atoms with E-state index in [2.05, 4.69) is 47.6 Å². The van der Waals surface area contributed by atoms with Crippen LogP contribution in [-0.2, 0) is 6.18 Å². The predicted molar refractivity (Wildman–Crippen MR) is 158 cm³/mol. The number of aromatic carboxylic acids is 1. The van der Waals surface area contributed by atoms with Gasteiger partial charge in [-0.15, -0.1) is 0 Å². The van der Waals surface area contributed by atoms with Crippen LogP contribution in [0.5, 0.6) is 0 Å². The first-order valence-corrected chi connectivity index (χ1v) is 14.9. The lowest BCUT2D eigenvalue weighted by Gasteiger charge is -2.10. The molecule has 1 fully saturated rings. The second-order valence-electron chi connectivity index (χ2n) is 10.7. The Kier molecular flexibility index (Phi) is 11.1. The third-order valence-electron chi connectivity index (χ3n) is 7.43. The number of rotatable bonds is 13. The van der Waals surface area contributed by atoms with Gasteiger partial charge in [0.1, 0.15) is 10.9 Å². The molecule has 5 rings (SSSR count). The molecule has 1 saturated carbocycles. The first-order chi connectivity index (χ1) is 20.2. The minimum absolute atomic E-state index is 0.0982. The molecule has 1 aromatic carbocycles. The number of nitrogens with one attached hydrogen (secondary N) is 1. The largest absolute Gasteiger partial charge is 0.476 e. The molecular formula is C32H37ClF3N3O3. The summed E-state index contributed by atoms with van der Waals surface area (Å²) in [6.07, 6.45) is 10.4. The van der Waals surface area contributed by atoms with Crippen molar-refractivity contribution in [3.63, 3.8) is 0 Å². The van der Waals surface area contributed by atoms with Crippen LogP contribution in [0.1, 0.15) is 92.2 Å². The summed E-state index contributed by atoms with van der Waals surface area (Å²) in [7, 11) is 0. The molecule has 3 aromatic heterocycles. The molecule has 3 heterocycles. The number of alkyl halides is 3. The zero-order valence-corrected chi connectivity index (χ0v) is 24.4. The highest BCUT2D eigenvalue weighted by molar-refractivity contribution is 6.32. The lowest BCUT2D eigenvalue weighted by molar-refractivity contribution is -0.136. The van der Waals surface area contributed by atoms with E-state index in [1.165, 1.54) is 94.5 Å². The molecule has 226 valence electrons. The molecule has 2 unspecified atom stereocenters. The molecule has 0 saturated heterocycles. The Morgan fingerprint density at radius 1 is 1.07 bits per heavy atom. The third kappa shape index (κ3) is 8.38. The number of hydrogen-bond acceptors (Lipinski definition) is 4. The van der Waals surface area contributed by atoms with Gasteiger partial charge in [-0.25, -0.2) is 9.78 Å². The van der Waals surface area contributed by atoms with Gasteiger partial charge in [-0.1, -0.05) is 93.8 Å². The summed E-state index contributed by atoms with van der Waals surface area (Å²) < 4.78 is 45.6. The summed E-state index contributed by atoms with van der Waals surface area (Å²) in [5.41, 5.74) is -0.716. The van der Waals surface area contributed by atoms with E-state index in [9.17, 15) is 18.0 Å². The maximum Gasteiger partial charge on any atom is 0.420 e. The van der Waals surface area contributed by atoms with Crippen molar-refractivity contribution in [1.29, 1.82) is 0 Å². The average Bonchev–Trinajstić information content (AvgIpc) is 3.36. The second kappa shape index (κ2) is 14.7. The Morgan fingerprint density at radius 2 is 1.76 bits per heavy atom. The Morgan fingerprint density at radius 3 is 2.38 bits per heavy atom. The van der Waals surface area contributed by atoms with Crippen molar-refractivity contribution in [2.75, 3.05) is 6.54 Å². The number of aromatic nitrogens is 2. The van der Waals surface area contributed by atoms with Crippen LogP contribution in [0.4, 0.5) is 13.2 Å². The molecule has 6 nitrogen and oxygen atoms in total. The van der Waals surface area contributed by atoms with Crippen molar-refractivity contribution < 1.29 is 27.5 Å². The Balaban J connectivity index is 0.000000194. The molecule has 42 heavy (non-hydrogen) atoms. The Hall–Kier alpha value is -3.30. The van der Waals surface area contributed by atoms with Crippen LogP contribution in [0.25, 0.3) is 17.0 Å². The van der Waals surface area contributed by atoms with E-state index in [1.54, 1.807) is 0 Å². The van der Waals surface area contributed by atoms with E-state index >= 15 is 0 Å². The molecule has 0 bridgehead atoms. The van der Waals surface area contributed by atoms with Crippen LogP contribution in [0.2, 0.25) is 5.15 Å². The molecule has 0 aliphatic heterocycles. The number of unbranched alkanes of at least 4 members (excludes halogenated alkanes) is 7. The summed E-state index contributed by atoms with van der Waals surface area (Å²) in [6, 6.07) is 15.5. The molecule has 4 aromatic rings. The van der Waals surface area contributed by atoms with E-state index < -0.39 is 34.2 Å². The zero-order chi connectivity index (χ0) is 30.1. The smallest absolute Gasteiger partial charge is 0.420 e. The van der Waals surface area contributed by atoms with Gasteiger partial charge in [0, 0.05) is 23.7 Å². The van der Waals surface area contributed by atoms with Crippen molar-refractivity contribution in [3.8, 4) is 11.3 Å². The predicted octanol–water partition coefficient (Wildman–Crippen LogP) is 9.24. The first kappa shape index (κ1) is 31.6. The summed E-state index contributed by atoms with van der Waals surface area (Å²) in [4.78, 5) is 14.5. The molecule has 2 atom stereocenters. The summed E-state index contributed by atoms with van der Waals surface area (Å²) in [6.45, 7) is 3.50. The topological polar surface area (TPSA) is 79.8 Å². The highest BCUT2D eigenvalue weighted by Gasteiger charge is 2.37. The molecule has 1 aliphatic carbocycles. The number of pyridine rings is 1. The second-order valence-corrected chi connectivity index (χ2v) is 11.0. The number of imidazole rings is 1. The molecule has 10 heteroatoms. The van der Waals surface area contributed by atoms with E-state index in [1.807, 2.05) is 0 Å². The number of halogens is 4. The standard InChI is InChI=1S/C19H31N.C13H6ClF3N2O3/c1-2-3-4-5-6-7-8-12-15-20-19-16-18(19)17-13-10-9-11-14-17;14-10-9(12(20)21)18-11-7(13(15,16)17)4-6(5-19(10)11)8-2-1-3-22-8/h9-11,13-14,18-20H,2-8,12,15-16H2,1H3;1-5H,(H,20,21). The monoisotopic (exact) mass is 603 g/mol. The molecular weight excluding hydrogens is 567 g/mol. The number of carboxylic acids is 1. The van der Waals surface area contributed by atoms with E-state index in [0.29, 0.717) is 0 Å². The highest BCUT2D eigenvalue weighted by atomic mass is 35.5. The first-order valence-electron chi connectivity index (χ1n) is 14.5. The van der Waals surface area contributed by atoms with Crippen LogP contribution in [0.3, 0.4) is 0 Å². The van der Waals surface area contributed by atoms with Gasteiger partial charge in [0.25, 0.3) is 0 Å². The fourth-order valence-corrected chi connectivity index (χ4v) is 5.33. The van der Waals surface area contributed by atoms with Crippen molar-refractivity contribution in [1.82, 2.24) is 14.7 Å². The van der Waals surface area contributed by atoms with Gasteiger partial charge in [0.15, 0.2) is 11.3 Å². The van der Waals surface area contributed by atoms with Gasteiger partial charge in [0.2, 0.25) is 0 Å². The normalized spacial score (nSPS) is 16.3. The quantitative estimate of drug-likeness (QED) is 0.149. The number of carboxylic acid groups (broad SMARTS) is 1. The van der Waals surface area contributed by atoms with Gasteiger partial charge >= 0.3 is 12.1 Å². The number of furan rings is 1. The molecule has 0 spiro atoms. The van der Waals surface area contributed by atoms with Gasteiger partial charge in [-0.3, -0.25) is 4.40 Å². The third-order valence-corrected chi connectivity index (χ3v) is 7.79. The van der Waals surface area contributed by atoms with E-state index in [0.717, 1.165) is 22.4 Å². The van der Waals surface area contributed by atoms with Gasteiger partial charge in [0.05, 0.1) is 11.8 Å². The molecule has 1 aliphatic rings. The van der Waals surface area contributed by atoms with Gasteiger partial charge < -0.3 is 14.8 Å². The minimum atomic E-state index is -4.73. The van der Waals surface area contributed by atoms with Gasteiger partial charge in [-0.05, 0) is 43.1 Å². The molecule has 0 radical (unpaired) electrons. The van der Waals surface area contributed by atoms with Crippen molar-refractivity contribution in [2.45, 2.75) is 82.8 Å². The number of hydrogen-bond donors (Lipinski definition) is 2. The number of benzene rings is 1. The SMILES string of the molecule is CCCCCCCCCCNC1CC1c1ccccc1.O=C(O)c1nc2c(C(F)(F)F)cc(-c3ccco3)cn2c1Cl. The maximum absolute atomic E-state index is 13.2. The number of nitrogens with zero attached hydrogens (tertiary/aromatic N) is 2. The summed E-state index contributed by atoms with van der Waals surface area (Å²) in [5, 5.41) is 12.3. The fourth-order valence-electron chi connectivity index (χ4n) is 5.07. The number of carbonyl (C=O) groups is 1. The van der Waals surface area contributed by atoms with Gasteiger partial charge in [-0.2, -0.15) is 13.2 Å². The van der Waals surface area contributed by atoms with Crippen molar-refractivity contribution in [2.24, 2.45) is 0 Å². The number of fused-ring (bicyclic) bond motifs is 1. The fraction of sp³-hybridized carbons (Fsp3) is 0.438. The summed E-state index contributed by atoms with van der Waals surface area (Å²) in [5.74, 6) is -0.541. The van der Waals surface area contributed by atoms with E-state index in [4.69, 9.17) is 21.1 Å². The van der Waals surface area contributed by atoms with E-state index in [-0.39, 0.29) is 11.3 Å². The van der Waals surface area contributed by atoms with Crippen molar-refractivity contribution >= 4 is 23.2 Å². The van der Waals surface area contributed by atoms with Crippen LogP contribution in [0.15, 0.2) is 65.4 Å². The van der Waals surface area contributed by atoms with Crippen LogP contribution in [0, 0.1) is 0 Å². The minimum Gasteiger partial charge on any atom is -0.476 e. The summed E-state index contributed by atoms with van der Waals surface area (Å²) >= 11 is 5.83. The van der Waals surface area contributed by atoms with Crippen LogP contribution < -0.4 is 5.32 Å².